The maximum atomic E-state index is 11.5. The Bertz CT molecular complexity index is 520. The highest BCUT2D eigenvalue weighted by Crippen LogP contribution is 2.18. The molecule has 0 bridgehead atoms. The zero-order chi connectivity index (χ0) is 13.7. The molecule has 1 aromatic carbocycles. The number of hydrogen-bond acceptors (Lipinski definition) is 4. The molecule has 0 radical (unpaired) electrons. The van der Waals surface area contributed by atoms with Crippen LogP contribution in [0.25, 0.3) is 0 Å². The summed E-state index contributed by atoms with van der Waals surface area (Å²) in [4.78, 5) is 11.5. The molecule has 0 amide bonds. The van der Waals surface area contributed by atoms with E-state index in [4.69, 9.17) is 4.74 Å². The number of benzene rings is 1. The molecule has 2 rings (SSSR count). The maximum Gasteiger partial charge on any atom is 0.338 e. The number of ether oxygens (including phenoxy) is 1. The lowest BCUT2D eigenvalue weighted by Crippen LogP contribution is -2.08. The fourth-order valence-electron chi connectivity index (χ4n) is 1.75. The van der Waals surface area contributed by atoms with Gasteiger partial charge in [0.25, 0.3) is 0 Å². The quantitative estimate of drug-likeness (QED) is 0.810. The van der Waals surface area contributed by atoms with Crippen molar-refractivity contribution < 1.29 is 9.53 Å². The zero-order valence-corrected chi connectivity index (χ0v) is 11.0. The minimum absolute atomic E-state index is 0.121. The van der Waals surface area contributed by atoms with Crippen LogP contribution in [0.5, 0.6) is 0 Å². The molecule has 19 heavy (non-hydrogen) atoms. The van der Waals surface area contributed by atoms with E-state index in [1.54, 1.807) is 25.3 Å². The average molecular weight is 259 g/mol. The van der Waals surface area contributed by atoms with E-state index in [2.05, 4.69) is 15.5 Å². The predicted octanol–water partition coefficient (Wildman–Crippen LogP) is 2.76. The fraction of sp³-hybridized carbons (Fsp3) is 0.286. The van der Waals surface area contributed by atoms with Gasteiger partial charge in [0.2, 0.25) is 0 Å². The Morgan fingerprint density at radius 3 is 2.68 bits per heavy atom. The van der Waals surface area contributed by atoms with Gasteiger partial charge >= 0.3 is 5.97 Å². The number of esters is 1. The van der Waals surface area contributed by atoms with E-state index in [0.717, 1.165) is 11.4 Å². The van der Waals surface area contributed by atoms with Gasteiger partial charge in [-0.3, -0.25) is 5.10 Å². The van der Waals surface area contributed by atoms with E-state index in [0.29, 0.717) is 12.2 Å². The number of carbonyl (C=O) groups excluding carboxylic acids is 1. The number of hydrogen-bond donors (Lipinski definition) is 2. The Hall–Kier alpha value is -2.30. The van der Waals surface area contributed by atoms with E-state index in [-0.39, 0.29) is 12.0 Å². The Morgan fingerprint density at radius 2 is 2.11 bits per heavy atom. The van der Waals surface area contributed by atoms with Crippen LogP contribution in [0.2, 0.25) is 0 Å². The van der Waals surface area contributed by atoms with Gasteiger partial charge < -0.3 is 10.1 Å². The molecule has 0 aliphatic carbocycles. The second kappa shape index (κ2) is 6.04. The molecule has 100 valence electrons. The van der Waals surface area contributed by atoms with Crippen molar-refractivity contribution in [1.82, 2.24) is 10.2 Å². The molecule has 1 aromatic heterocycles. The van der Waals surface area contributed by atoms with Gasteiger partial charge in [-0.25, -0.2) is 4.79 Å². The normalized spacial score (nSPS) is 11.9. The third-order valence-electron chi connectivity index (χ3n) is 2.77. The van der Waals surface area contributed by atoms with Crippen molar-refractivity contribution >= 4 is 11.7 Å². The van der Waals surface area contributed by atoms with Gasteiger partial charge in [-0.1, -0.05) is 0 Å². The number of rotatable bonds is 5. The fourth-order valence-corrected chi connectivity index (χ4v) is 1.75. The second-order valence-corrected chi connectivity index (χ2v) is 4.18. The Labute approximate surface area is 112 Å². The first-order chi connectivity index (χ1) is 9.20. The summed E-state index contributed by atoms with van der Waals surface area (Å²) in [6, 6.07) is 9.26. The molecule has 2 aromatic rings. The second-order valence-electron chi connectivity index (χ2n) is 4.18. The van der Waals surface area contributed by atoms with Crippen molar-refractivity contribution in [1.29, 1.82) is 0 Å². The predicted molar refractivity (Wildman–Crippen MR) is 73.0 cm³/mol. The average Bonchev–Trinajstić information content (AvgIpc) is 2.94. The van der Waals surface area contributed by atoms with Crippen molar-refractivity contribution in [3.05, 3.63) is 47.8 Å². The maximum absolute atomic E-state index is 11.5. The summed E-state index contributed by atoms with van der Waals surface area (Å²) < 4.78 is 4.94. The third kappa shape index (κ3) is 3.34. The van der Waals surface area contributed by atoms with Crippen molar-refractivity contribution in [2.45, 2.75) is 19.9 Å². The van der Waals surface area contributed by atoms with Crippen LogP contribution >= 0.6 is 0 Å². The van der Waals surface area contributed by atoms with Crippen LogP contribution in [0.3, 0.4) is 0 Å². The van der Waals surface area contributed by atoms with Crippen LogP contribution in [-0.2, 0) is 4.74 Å². The van der Waals surface area contributed by atoms with Gasteiger partial charge in [0.1, 0.15) is 0 Å². The lowest BCUT2D eigenvalue weighted by Gasteiger charge is -2.13. The van der Waals surface area contributed by atoms with Gasteiger partial charge in [-0.2, -0.15) is 5.10 Å². The molecule has 0 aliphatic heterocycles. The SMILES string of the molecule is CCOC(=O)c1ccc(NC(C)c2ccn[nH]2)cc1. The van der Waals surface area contributed by atoms with E-state index in [9.17, 15) is 4.79 Å². The Balaban J connectivity index is 2.01. The zero-order valence-electron chi connectivity index (χ0n) is 11.0. The molecule has 0 spiro atoms. The largest absolute Gasteiger partial charge is 0.462 e. The van der Waals surface area contributed by atoms with E-state index in [1.165, 1.54) is 0 Å². The molecule has 1 unspecified atom stereocenters. The summed E-state index contributed by atoms with van der Waals surface area (Å²) in [7, 11) is 0. The number of nitrogens with one attached hydrogen (secondary N) is 2. The molecule has 1 atom stereocenters. The van der Waals surface area contributed by atoms with Crippen LogP contribution < -0.4 is 5.32 Å². The first-order valence-electron chi connectivity index (χ1n) is 6.23. The number of anilines is 1. The standard InChI is InChI=1S/C14H17N3O2/c1-3-19-14(18)11-4-6-12(7-5-11)16-10(2)13-8-9-15-17-13/h4-10,16H,3H2,1-2H3,(H,15,17). The van der Waals surface area contributed by atoms with Crippen LogP contribution in [0, 0.1) is 0 Å². The van der Waals surface area contributed by atoms with Crippen LogP contribution in [-0.4, -0.2) is 22.8 Å². The molecule has 0 aliphatic rings. The molecule has 5 nitrogen and oxygen atoms in total. The number of nitrogens with zero attached hydrogens (tertiary/aromatic N) is 1. The third-order valence-corrected chi connectivity index (χ3v) is 2.77. The van der Waals surface area contributed by atoms with Crippen molar-refractivity contribution in [2.75, 3.05) is 11.9 Å². The summed E-state index contributed by atoms with van der Waals surface area (Å²) in [6.45, 7) is 4.21. The summed E-state index contributed by atoms with van der Waals surface area (Å²) in [5.74, 6) is -0.296. The van der Waals surface area contributed by atoms with Crippen LogP contribution in [0.4, 0.5) is 5.69 Å². The number of carbonyl (C=O) groups is 1. The van der Waals surface area contributed by atoms with Gasteiger partial charge in [0.15, 0.2) is 0 Å². The van der Waals surface area contributed by atoms with Gasteiger partial charge in [0.05, 0.1) is 23.9 Å². The highest BCUT2D eigenvalue weighted by Gasteiger charge is 2.08. The van der Waals surface area contributed by atoms with Crippen molar-refractivity contribution in [2.24, 2.45) is 0 Å². The Morgan fingerprint density at radius 1 is 1.37 bits per heavy atom. The first-order valence-corrected chi connectivity index (χ1v) is 6.23. The van der Waals surface area contributed by atoms with Crippen molar-refractivity contribution in [3.8, 4) is 0 Å². The first kappa shape index (κ1) is 13.1. The highest BCUT2D eigenvalue weighted by atomic mass is 16.5. The molecule has 0 fully saturated rings. The minimum Gasteiger partial charge on any atom is -0.462 e. The lowest BCUT2D eigenvalue weighted by atomic mass is 10.2. The minimum atomic E-state index is -0.296. The van der Waals surface area contributed by atoms with E-state index < -0.39 is 0 Å². The number of aromatic nitrogens is 2. The van der Waals surface area contributed by atoms with Crippen LogP contribution in [0.1, 0.15) is 35.9 Å². The molecule has 0 saturated heterocycles. The Kier molecular flexibility index (Phi) is 4.18. The summed E-state index contributed by atoms with van der Waals surface area (Å²) >= 11 is 0. The van der Waals surface area contributed by atoms with Gasteiger partial charge in [-0.05, 0) is 44.2 Å². The highest BCUT2D eigenvalue weighted by molar-refractivity contribution is 5.89. The number of aromatic amines is 1. The van der Waals surface area contributed by atoms with E-state index >= 15 is 0 Å². The molecular formula is C14H17N3O2. The number of H-pyrrole nitrogens is 1. The summed E-state index contributed by atoms with van der Waals surface area (Å²) in [5.41, 5.74) is 2.51. The topological polar surface area (TPSA) is 67.0 Å². The molecule has 5 heteroatoms. The summed E-state index contributed by atoms with van der Waals surface area (Å²) in [6.07, 6.45) is 1.72. The molecule has 0 saturated carbocycles. The van der Waals surface area contributed by atoms with Crippen LogP contribution in [0.15, 0.2) is 36.5 Å². The van der Waals surface area contributed by atoms with E-state index in [1.807, 2.05) is 25.1 Å². The monoisotopic (exact) mass is 259 g/mol. The summed E-state index contributed by atoms with van der Waals surface area (Å²) in [5, 5.41) is 10.2. The molecule has 1 heterocycles. The van der Waals surface area contributed by atoms with Crippen molar-refractivity contribution in [3.63, 3.8) is 0 Å². The molecular weight excluding hydrogens is 242 g/mol. The smallest absolute Gasteiger partial charge is 0.338 e. The molecule has 2 N–H and O–H groups in total. The van der Waals surface area contributed by atoms with Gasteiger partial charge in [-0.15, -0.1) is 0 Å². The van der Waals surface area contributed by atoms with Gasteiger partial charge in [0, 0.05) is 11.9 Å². The lowest BCUT2D eigenvalue weighted by molar-refractivity contribution is 0.0526.